The summed E-state index contributed by atoms with van der Waals surface area (Å²) in [5, 5.41) is 0. The third-order valence-electron chi connectivity index (χ3n) is 1.96. The van der Waals surface area contributed by atoms with E-state index >= 15 is 0 Å². The van der Waals surface area contributed by atoms with E-state index in [0.29, 0.717) is 6.26 Å². The zero-order valence-electron chi connectivity index (χ0n) is 9.30. The average Bonchev–Trinajstić information content (AvgIpc) is 2.41. The van der Waals surface area contributed by atoms with E-state index in [-0.39, 0.29) is 0 Å². The molecule has 0 radical (unpaired) electrons. The van der Waals surface area contributed by atoms with Crippen LogP contribution in [0.5, 0.6) is 0 Å². The fraction of sp³-hybridized carbons (Fsp3) is 0.300. The van der Waals surface area contributed by atoms with Crippen LogP contribution in [0.3, 0.4) is 0 Å². The van der Waals surface area contributed by atoms with Crippen LogP contribution in [0.25, 0.3) is 11.1 Å². The molecule has 16 heavy (non-hydrogen) atoms. The number of oxazole rings is 1. The Morgan fingerprint density at radius 1 is 1.31 bits per heavy atom. The Morgan fingerprint density at radius 3 is 2.31 bits per heavy atom. The second kappa shape index (κ2) is 4.63. The van der Waals surface area contributed by atoms with Crippen molar-refractivity contribution in [1.29, 1.82) is 0 Å². The van der Waals surface area contributed by atoms with Gasteiger partial charge in [0.15, 0.2) is 0 Å². The van der Waals surface area contributed by atoms with Crippen molar-refractivity contribution < 1.29 is 22.0 Å². The van der Waals surface area contributed by atoms with Crippen LogP contribution in [0.2, 0.25) is 0 Å². The van der Waals surface area contributed by atoms with Gasteiger partial charge in [0.25, 0.3) is 5.52 Å². The van der Waals surface area contributed by atoms with Crippen molar-refractivity contribution in [1.82, 2.24) is 0 Å². The first-order chi connectivity index (χ1) is 7.29. The molecule has 0 fully saturated rings. The van der Waals surface area contributed by atoms with Gasteiger partial charge in [-0.25, -0.2) is 8.42 Å². The van der Waals surface area contributed by atoms with Gasteiger partial charge in [-0.3, -0.25) is 0 Å². The first-order valence-corrected chi connectivity index (χ1v) is 6.35. The van der Waals surface area contributed by atoms with E-state index in [4.69, 9.17) is 17.4 Å². The van der Waals surface area contributed by atoms with Gasteiger partial charge in [0, 0.05) is 12.3 Å². The number of rotatable bonds is 0. The molecule has 0 N–H and O–H groups in total. The number of hydrogen-bond acceptors (Lipinski definition) is 4. The van der Waals surface area contributed by atoms with Crippen molar-refractivity contribution in [3.63, 3.8) is 0 Å². The lowest BCUT2D eigenvalue weighted by Crippen LogP contribution is -2.28. The Morgan fingerprint density at radius 2 is 1.81 bits per heavy atom. The highest BCUT2D eigenvalue weighted by atomic mass is 32.2. The van der Waals surface area contributed by atoms with Crippen molar-refractivity contribution in [3.8, 4) is 0 Å². The number of para-hydroxylation sites is 2. The Kier molecular flexibility index (Phi) is 3.66. The van der Waals surface area contributed by atoms with Crippen LogP contribution in [0.4, 0.5) is 0 Å². The van der Waals surface area contributed by atoms with Crippen LogP contribution in [-0.4, -0.2) is 19.2 Å². The normalized spacial score (nSPS) is 11.0. The summed E-state index contributed by atoms with van der Waals surface area (Å²) >= 11 is 0. The molecule has 1 aromatic heterocycles. The van der Waals surface area contributed by atoms with Gasteiger partial charge in [-0.2, -0.15) is 4.57 Å². The number of fused-ring (bicyclic) bond motifs is 1. The molecule has 0 aliphatic carbocycles. The average molecular weight is 243 g/mol. The van der Waals surface area contributed by atoms with Gasteiger partial charge in [0.2, 0.25) is 5.58 Å². The first-order valence-electron chi connectivity index (χ1n) is 4.54. The van der Waals surface area contributed by atoms with Gasteiger partial charge >= 0.3 is 5.89 Å². The monoisotopic (exact) mass is 243 g/mol. The Labute approximate surface area is 94.1 Å². The maximum atomic E-state index is 9.08. The molecule has 0 aliphatic rings. The SMILES string of the molecule is CS(=O)(=O)[O-].Cc1oc2ccccc2[n+]1C. The standard InChI is InChI=1S/C9H10NO.CH4O3S/c1-7-10(2)8-5-3-4-6-9(8)11-7;1-5(2,3)4/h3-6H,1-2H3;1H3,(H,2,3,4)/q+1;/p-1. The van der Waals surface area contributed by atoms with Gasteiger partial charge in [0.05, 0.1) is 17.0 Å². The molecule has 2 aromatic rings. The number of hydrogen-bond donors (Lipinski definition) is 0. The van der Waals surface area contributed by atoms with E-state index in [1.54, 1.807) is 0 Å². The molecular weight excluding hydrogens is 230 g/mol. The van der Waals surface area contributed by atoms with Crippen LogP contribution in [0, 0.1) is 6.92 Å². The minimum Gasteiger partial charge on any atom is -0.748 e. The molecule has 0 atom stereocenters. The van der Waals surface area contributed by atoms with Crippen molar-refractivity contribution in [2.24, 2.45) is 7.05 Å². The largest absolute Gasteiger partial charge is 0.748 e. The Bertz CT molecular complexity index is 578. The minimum atomic E-state index is -3.92. The zero-order chi connectivity index (χ0) is 12.3. The summed E-state index contributed by atoms with van der Waals surface area (Å²) in [5.41, 5.74) is 2.09. The molecule has 0 saturated carbocycles. The number of aromatic nitrogens is 1. The molecule has 0 amide bonds. The smallest absolute Gasteiger partial charge is 0.344 e. The lowest BCUT2D eigenvalue weighted by atomic mass is 10.3. The third-order valence-corrected chi connectivity index (χ3v) is 1.96. The van der Waals surface area contributed by atoms with E-state index in [0.717, 1.165) is 17.0 Å². The number of benzene rings is 1. The molecule has 88 valence electrons. The first kappa shape index (κ1) is 12.7. The lowest BCUT2D eigenvalue weighted by molar-refractivity contribution is -0.657. The zero-order valence-corrected chi connectivity index (χ0v) is 10.1. The number of nitrogens with zero attached hydrogens (tertiary/aromatic N) is 1. The fourth-order valence-electron chi connectivity index (χ4n) is 1.22. The van der Waals surface area contributed by atoms with Crippen molar-refractivity contribution in [2.75, 3.05) is 6.26 Å². The van der Waals surface area contributed by atoms with E-state index in [1.807, 2.05) is 42.8 Å². The summed E-state index contributed by atoms with van der Waals surface area (Å²) in [4.78, 5) is 0. The van der Waals surface area contributed by atoms with Gasteiger partial charge in [-0.05, 0) is 6.07 Å². The molecule has 1 aromatic carbocycles. The number of aryl methyl sites for hydroxylation is 2. The van der Waals surface area contributed by atoms with E-state index in [9.17, 15) is 0 Å². The van der Waals surface area contributed by atoms with Gasteiger partial charge in [-0.1, -0.05) is 12.1 Å². The molecule has 0 unspecified atom stereocenters. The lowest BCUT2D eigenvalue weighted by Gasteiger charge is -1.90. The Hall–Kier alpha value is -1.40. The van der Waals surface area contributed by atoms with Crippen molar-refractivity contribution in [2.45, 2.75) is 6.92 Å². The highest BCUT2D eigenvalue weighted by Gasteiger charge is 2.12. The van der Waals surface area contributed by atoms with Gasteiger partial charge in [-0.15, -0.1) is 0 Å². The summed E-state index contributed by atoms with van der Waals surface area (Å²) in [7, 11) is -1.92. The molecule has 2 rings (SSSR count). The Balaban J connectivity index is 0.000000221. The molecule has 6 heteroatoms. The van der Waals surface area contributed by atoms with Crippen LogP contribution >= 0.6 is 0 Å². The van der Waals surface area contributed by atoms with Crippen LogP contribution in [-0.2, 0) is 17.2 Å². The minimum absolute atomic E-state index is 0.604. The fourth-order valence-corrected chi connectivity index (χ4v) is 1.22. The molecule has 0 bridgehead atoms. The molecule has 1 heterocycles. The quantitative estimate of drug-likeness (QED) is 0.505. The second-order valence-corrected chi connectivity index (χ2v) is 4.76. The van der Waals surface area contributed by atoms with Crippen molar-refractivity contribution >= 4 is 21.2 Å². The molecule has 0 spiro atoms. The molecule has 5 nitrogen and oxygen atoms in total. The van der Waals surface area contributed by atoms with Gasteiger partial charge in [0.1, 0.15) is 7.05 Å². The maximum absolute atomic E-state index is 9.08. The van der Waals surface area contributed by atoms with Crippen LogP contribution in [0.1, 0.15) is 5.89 Å². The summed E-state index contributed by atoms with van der Waals surface area (Å²) in [5.74, 6) is 0.936. The van der Waals surface area contributed by atoms with E-state index < -0.39 is 10.1 Å². The van der Waals surface area contributed by atoms with Gasteiger partial charge < -0.3 is 8.97 Å². The molecule has 0 saturated heterocycles. The summed E-state index contributed by atoms with van der Waals surface area (Å²) in [6.45, 7) is 1.96. The molecular formula is C10H13NO4S. The van der Waals surface area contributed by atoms with E-state index in [2.05, 4.69) is 0 Å². The highest BCUT2D eigenvalue weighted by Crippen LogP contribution is 2.10. The highest BCUT2D eigenvalue weighted by molar-refractivity contribution is 7.84. The summed E-state index contributed by atoms with van der Waals surface area (Å²) in [6, 6.07) is 8.01. The van der Waals surface area contributed by atoms with E-state index in [1.165, 1.54) is 0 Å². The predicted octanol–water partition coefficient (Wildman–Crippen LogP) is 0.727. The third kappa shape index (κ3) is 3.63. The second-order valence-electron chi connectivity index (χ2n) is 3.35. The topological polar surface area (TPSA) is 74.2 Å². The summed E-state index contributed by atoms with van der Waals surface area (Å²) < 4.78 is 34.7. The maximum Gasteiger partial charge on any atom is 0.344 e. The van der Waals surface area contributed by atoms with Crippen LogP contribution in [0.15, 0.2) is 28.7 Å². The molecule has 0 aliphatic heterocycles. The predicted molar refractivity (Wildman–Crippen MR) is 57.7 cm³/mol. The van der Waals surface area contributed by atoms with Crippen LogP contribution < -0.4 is 4.57 Å². The van der Waals surface area contributed by atoms with Crippen molar-refractivity contribution in [3.05, 3.63) is 30.2 Å². The summed E-state index contributed by atoms with van der Waals surface area (Å²) in [6.07, 6.45) is 0.604.